The Morgan fingerprint density at radius 2 is 2.16 bits per heavy atom. The molecule has 1 aromatic heterocycles. The zero-order valence-corrected chi connectivity index (χ0v) is 17.5. The Labute approximate surface area is 182 Å². The Hall–Kier alpha value is -2.74. The first-order valence-electron chi connectivity index (χ1n) is 9.80. The van der Waals surface area contributed by atoms with Crippen LogP contribution in [0.5, 0.6) is 5.75 Å². The van der Waals surface area contributed by atoms with Crippen molar-refractivity contribution in [1.29, 1.82) is 5.26 Å². The molecule has 1 aromatic carbocycles. The minimum atomic E-state index is -2.77. The zero-order chi connectivity index (χ0) is 22.0. The Kier molecular flexibility index (Phi) is 6.36. The van der Waals surface area contributed by atoms with Gasteiger partial charge in [-0.3, -0.25) is 9.78 Å². The van der Waals surface area contributed by atoms with Gasteiger partial charge < -0.3 is 10.1 Å². The Bertz CT molecular complexity index is 1030. The van der Waals surface area contributed by atoms with Crippen LogP contribution < -0.4 is 20.9 Å². The summed E-state index contributed by atoms with van der Waals surface area (Å²) in [6.45, 7) is 0. The largest absolute Gasteiger partial charge is 0.494 e. The number of nitriles is 1. The summed E-state index contributed by atoms with van der Waals surface area (Å²) in [4.78, 5) is 16.8. The minimum Gasteiger partial charge on any atom is -0.494 e. The lowest BCUT2D eigenvalue weighted by atomic mass is 9.95. The highest BCUT2D eigenvalue weighted by atomic mass is 32.2. The molecule has 0 bridgehead atoms. The molecule has 4 rings (SSSR count). The van der Waals surface area contributed by atoms with Crippen molar-refractivity contribution in [2.75, 3.05) is 7.11 Å². The molecular weight excluding hydrogens is 424 g/mol. The third-order valence-corrected chi connectivity index (χ3v) is 6.49. The summed E-state index contributed by atoms with van der Waals surface area (Å²) >= 11 is 1.60. The number of hydrazine groups is 1. The number of pyridine rings is 1. The molecule has 2 aliphatic rings. The first-order valence-corrected chi connectivity index (χ1v) is 10.7. The predicted octanol–water partition coefficient (Wildman–Crippen LogP) is 3.35. The molecule has 0 radical (unpaired) electrons. The van der Waals surface area contributed by atoms with Gasteiger partial charge in [0.05, 0.1) is 31.2 Å². The van der Waals surface area contributed by atoms with Crippen LogP contribution in [0.2, 0.25) is 0 Å². The number of carbonyl (C=O) groups excluding carboxylic acids is 1. The number of hydrogen-bond donors (Lipinski definition) is 3. The minimum absolute atomic E-state index is 0.122. The van der Waals surface area contributed by atoms with E-state index in [1.165, 1.54) is 32.2 Å². The number of nitrogens with one attached hydrogen (secondary N) is 3. The van der Waals surface area contributed by atoms with E-state index in [-0.39, 0.29) is 28.9 Å². The van der Waals surface area contributed by atoms with Gasteiger partial charge in [-0.2, -0.15) is 5.26 Å². The van der Waals surface area contributed by atoms with E-state index in [0.717, 1.165) is 0 Å². The van der Waals surface area contributed by atoms with Gasteiger partial charge in [0.25, 0.3) is 12.3 Å². The summed E-state index contributed by atoms with van der Waals surface area (Å²) in [5, 5.41) is 12.2. The van der Waals surface area contributed by atoms with Crippen molar-refractivity contribution in [1.82, 2.24) is 21.2 Å². The molecule has 1 aliphatic carbocycles. The number of nitrogens with zero attached hydrogens (tertiary/aromatic N) is 2. The lowest BCUT2D eigenvalue weighted by Gasteiger charge is -2.17. The fourth-order valence-corrected chi connectivity index (χ4v) is 4.67. The van der Waals surface area contributed by atoms with Gasteiger partial charge >= 0.3 is 0 Å². The molecule has 1 amide bonds. The second-order valence-corrected chi connectivity index (χ2v) is 8.61. The molecule has 162 valence electrons. The van der Waals surface area contributed by atoms with E-state index in [0.29, 0.717) is 28.2 Å². The number of ether oxygens (including phenoxy) is 1. The monoisotopic (exact) mass is 445 g/mol. The van der Waals surface area contributed by atoms with Crippen LogP contribution in [-0.4, -0.2) is 28.9 Å². The van der Waals surface area contributed by atoms with Gasteiger partial charge in [-0.05, 0) is 48.1 Å². The molecule has 2 aromatic rings. The highest BCUT2D eigenvalue weighted by Crippen LogP contribution is 2.40. The van der Waals surface area contributed by atoms with Crippen LogP contribution in [0.4, 0.5) is 8.78 Å². The maximum atomic E-state index is 13.3. The SMILES string of the molecule is COc1cnc(C(F)F)cc1-c1cc(CC#N)ccc1C(=O)NC1NNC(C2CC2)S1. The third-order valence-electron chi connectivity index (χ3n) is 5.19. The number of aromatic nitrogens is 1. The molecule has 2 heterocycles. The summed E-state index contributed by atoms with van der Waals surface area (Å²) < 4.78 is 31.9. The smallest absolute Gasteiger partial charge is 0.280 e. The maximum absolute atomic E-state index is 13.3. The molecule has 1 saturated heterocycles. The molecule has 3 N–H and O–H groups in total. The molecule has 7 nitrogen and oxygen atoms in total. The predicted molar refractivity (Wildman–Crippen MR) is 112 cm³/mol. The molecule has 0 spiro atoms. The van der Waals surface area contributed by atoms with Gasteiger partial charge in [-0.25, -0.2) is 19.6 Å². The summed E-state index contributed by atoms with van der Waals surface area (Å²) in [6.07, 6.45) is 0.914. The third kappa shape index (κ3) is 4.79. The van der Waals surface area contributed by atoms with E-state index < -0.39 is 12.1 Å². The number of hydrogen-bond acceptors (Lipinski definition) is 7. The summed E-state index contributed by atoms with van der Waals surface area (Å²) in [5.41, 5.74) is 7.20. The molecule has 31 heavy (non-hydrogen) atoms. The van der Waals surface area contributed by atoms with Crippen LogP contribution in [-0.2, 0) is 6.42 Å². The van der Waals surface area contributed by atoms with Gasteiger partial charge in [0, 0.05) is 11.1 Å². The lowest BCUT2D eigenvalue weighted by Crippen LogP contribution is -2.43. The van der Waals surface area contributed by atoms with Crippen LogP contribution >= 0.6 is 11.8 Å². The van der Waals surface area contributed by atoms with Crippen molar-refractivity contribution in [3.63, 3.8) is 0 Å². The van der Waals surface area contributed by atoms with E-state index in [9.17, 15) is 13.6 Å². The van der Waals surface area contributed by atoms with Crippen molar-refractivity contribution in [2.24, 2.45) is 5.92 Å². The van der Waals surface area contributed by atoms with Crippen molar-refractivity contribution >= 4 is 17.7 Å². The van der Waals surface area contributed by atoms with E-state index in [2.05, 4.69) is 27.2 Å². The molecule has 2 unspecified atom stereocenters. The second-order valence-electron chi connectivity index (χ2n) is 7.36. The Morgan fingerprint density at radius 3 is 2.84 bits per heavy atom. The Balaban J connectivity index is 1.68. The van der Waals surface area contributed by atoms with Crippen molar-refractivity contribution in [3.05, 3.63) is 47.3 Å². The topological polar surface area (TPSA) is 99.1 Å². The summed E-state index contributed by atoms with van der Waals surface area (Å²) in [6, 6.07) is 8.23. The number of methoxy groups -OCH3 is 1. The maximum Gasteiger partial charge on any atom is 0.280 e. The number of rotatable bonds is 7. The highest BCUT2D eigenvalue weighted by molar-refractivity contribution is 8.00. The van der Waals surface area contributed by atoms with E-state index in [4.69, 9.17) is 10.00 Å². The number of alkyl halides is 2. The quantitative estimate of drug-likeness (QED) is 0.601. The number of benzene rings is 1. The first kappa shape index (κ1) is 21.5. The first-order chi connectivity index (χ1) is 15.0. The van der Waals surface area contributed by atoms with E-state index in [1.54, 1.807) is 30.0 Å². The number of halogens is 2. The van der Waals surface area contributed by atoms with Crippen molar-refractivity contribution in [2.45, 2.75) is 36.6 Å². The van der Waals surface area contributed by atoms with Crippen LogP contribution in [0.15, 0.2) is 30.5 Å². The summed E-state index contributed by atoms with van der Waals surface area (Å²) in [7, 11) is 1.41. The number of thioether (sulfide) groups is 1. The number of amides is 1. The Morgan fingerprint density at radius 1 is 1.35 bits per heavy atom. The molecule has 2 fully saturated rings. The zero-order valence-electron chi connectivity index (χ0n) is 16.7. The van der Waals surface area contributed by atoms with E-state index in [1.807, 2.05) is 0 Å². The molecule has 10 heteroatoms. The van der Waals surface area contributed by atoms with Gasteiger partial charge in [-0.15, -0.1) is 0 Å². The average molecular weight is 445 g/mol. The molecule has 2 atom stereocenters. The summed E-state index contributed by atoms with van der Waals surface area (Å²) in [5.74, 6) is 0.504. The van der Waals surface area contributed by atoms with Gasteiger partial charge in [0.2, 0.25) is 0 Å². The van der Waals surface area contributed by atoms with Gasteiger partial charge in [0.15, 0.2) is 0 Å². The van der Waals surface area contributed by atoms with Crippen LogP contribution in [0, 0.1) is 17.2 Å². The average Bonchev–Trinajstić information content (AvgIpc) is 3.52. The fraction of sp³-hybridized carbons (Fsp3) is 0.381. The fourth-order valence-electron chi connectivity index (χ4n) is 3.43. The number of carbonyl (C=O) groups is 1. The van der Waals surface area contributed by atoms with Gasteiger partial charge in [0.1, 0.15) is 16.9 Å². The van der Waals surface area contributed by atoms with Crippen molar-refractivity contribution in [3.8, 4) is 22.9 Å². The van der Waals surface area contributed by atoms with Crippen LogP contribution in [0.1, 0.15) is 40.9 Å². The normalized spacial score (nSPS) is 20.5. The lowest BCUT2D eigenvalue weighted by molar-refractivity contribution is 0.0945. The second kappa shape index (κ2) is 9.18. The standard InChI is InChI=1S/C21H21F2N5O2S/c1-30-17-10-25-16(18(22)23)9-15(17)14-8-11(6-7-24)2-5-13(14)19(29)26-21-28-27-20(31-21)12-3-4-12/h2,5,8-10,12,18,20-21,27-28H,3-4,6H2,1H3,(H,26,29). The van der Waals surface area contributed by atoms with Crippen LogP contribution in [0.25, 0.3) is 11.1 Å². The van der Waals surface area contributed by atoms with Crippen molar-refractivity contribution < 1.29 is 18.3 Å². The van der Waals surface area contributed by atoms with Crippen LogP contribution in [0.3, 0.4) is 0 Å². The molecular formula is C21H21F2N5O2S. The van der Waals surface area contributed by atoms with E-state index >= 15 is 0 Å². The highest BCUT2D eigenvalue weighted by Gasteiger charge is 2.37. The molecule has 1 aliphatic heterocycles. The van der Waals surface area contributed by atoms with Gasteiger partial charge in [-0.1, -0.05) is 17.8 Å². The molecule has 1 saturated carbocycles.